The Labute approximate surface area is 104 Å². The smallest absolute Gasteiger partial charge is 0.203 e. The van der Waals surface area contributed by atoms with Gasteiger partial charge in [0.15, 0.2) is 0 Å². The van der Waals surface area contributed by atoms with Gasteiger partial charge >= 0.3 is 0 Å². The van der Waals surface area contributed by atoms with Gasteiger partial charge in [-0.05, 0) is 27.9 Å². The zero-order chi connectivity index (χ0) is 12.8. The number of rotatable bonds is 7. The molecule has 0 amide bonds. The Balaban J connectivity index is 2.65. The van der Waals surface area contributed by atoms with E-state index in [0.29, 0.717) is 12.6 Å². The molecule has 98 valence electrons. The third-order valence-electron chi connectivity index (χ3n) is 2.57. The van der Waals surface area contributed by atoms with Crippen LogP contribution in [0, 0.1) is 0 Å². The first-order chi connectivity index (χ1) is 8.04. The summed E-state index contributed by atoms with van der Waals surface area (Å²) in [6.07, 6.45) is 3.84. The van der Waals surface area contributed by atoms with Gasteiger partial charge in [0.25, 0.3) is 0 Å². The highest BCUT2D eigenvalue weighted by molar-refractivity contribution is 5.28. The standard InChI is InChI=1S/C12H24N4O/c1-10(9-17-5)14-12-13-6-7-16(12)11(2)8-15(3)4/h6-7,10-11H,8-9H2,1-5H3,(H,13,14). The number of methoxy groups -OCH3 is 1. The highest BCUT2D eigenvalue weighted by atomic mass is 16.5. The van der Waals surface area contributed by atoms with Crippen LogP contribution in [0.5, 0.6) is 0 Å². The molecule has 1 aromatic rings. The van der Waals surface area contributed by atoms with Crippen molar-refractivity contribution >= 4 is 5.95 Å². The van der Waals surface area contributed by atoms with Crippen LogP contribution in [0.15, 0.2) is 12.4 Å². The van der Waals surface area contributed by atoms with Gasteiger partial charge in [-0.25, -0.2) is 4.98 Å². The average Bonchev–Trinajstić information content (AvgIpc) is 2.65. The summed E-state index contributed by atoms with van der Waals surface area (Å²) in [5.74, 6) is 0.906. The molecule has 0 radical (unpaired) electrons. The van der Waals surface area contributed by atoms with Crippen LogP contribution in [0.3, 0.4) is 0 Å². The SMILES string of the molecule is COCC(C)Nc1nccn1C(C)CN(C)C. The van der Waals surface area contributed by atoms with E-state index in [0.717, 1.165) is 12.5 Å². The van der Waals surface area contributed by atoms with Crippen LogP contribution < -0.4 is 5.32 Å². The van der Waals surface area contributed by atoms with Gasteiger partial charge in [-0.15, -0.1) is 0 Å². The molecule has 0 saturated heterocycles. The Morgan fingerprint density at radius 3 is 2.76 bits per heavy atom. The average molecular weight is 240 g/mol. The molecule has 1 N–H and O–H groups in total. The molecule has 0 fully saturated rings. The molecule has 1 rings (SSSR count). The third kappa shape index (κ3) is 4.36. The molecule has 0 saturated carbocycles. The normalized spacial score (nSPS) is 14.9. The molecule has 0 aliphatic carbocycles. The Morgan fingerprint density at radius 1 is 1.47 bits per heavy atom. The van der Waals surface area contributed by atoms with Crippen molar-refractivity contribution in [3.05, 3.63) is 12.4 Å². The Morgan fingerprint density at radius 2 is 2.18 bits per heavy atom. The molecule has 0 aliphatic rings. The lowest BCUT2D eigenvalue weighted by molar-refractivity contribution is 0.190. The summed E-state index contributed by atoms with van der Waals surface area (Å²) >= 11 is 0. The van der Waals surface area contributed by atoms with Gasteiger partial charge in [0, 0.05) is 38.1 Å². The largest absolute Gasteiger partial charge is 0.383 e. The van der Waals surface area contributed by atoms with Gasteiger partial charge in [-0.1, -0.05) is 0 Å². The van der Waals surface area contributed by atoms with Crippen molar-refractivity contribution in [2.75, 3.05) is 39.7 Å². The van der Waals surface area contributed by atoms with Crippen LogP contribution in [0.4, 0.5) is 5.95 Å². The number of imidazole rings is 1. The first kappa shape index (κ1) is 14.0. The summed E-state index contributed by atoms with van der Waals surface area (Å²) in [5.41, 5.74) is 0. The van der Waals surface area contributed by atoms with Crippen molar-refractivity contribution < 1.29 is 4.74 Å². The lowest BCUT2D eigenvalue weighted by Gasteiger charge is -2.22. The van der Waals surface area contributed by atoms with Crippen LogP contribution in [-0.4, -0.2) is 54.8 Å². The van der Waals surface area contributed by atoms with Crippen molar-refractivity contribution in [3.63, 3.8) is 0 Å². The minimum absolute atomic E-state index is 0.257. The molecule has 1 heterocycles. The monoisotopic (exact) mass is 240 g/mol. The van der Waals surface area contributed by atoms with Crippen LogP contribution >= 0.6 is 0 Å². The van der Waals surface area contributed by atoms with Crippen molar-refractivity contribution in [1.29, 1.82) is 0 Å². The van der Waals surface area contributed by atoms with Crippen molar-refractivity contribution in [3.8, 4) is 0 Å². The molecule has 2 atom stereocenters. The molecular formula is C12H24N4O. The van der Waals surface area contributed by atoms with Gasteiger partial charge in [0.1, 0.15) is 0 Å². The molecular weight excluding hydrogens is 216 g/mol. The van der Waals surface area contributed by atoms with E-state index in [1.165, 1.54) is 0 Å². The number of likely N-dealkylation sites (N-methyl/N-ethyl adjacent to an activating group) is 1. The lowest BCUT2D eigenvalue weighted by Crippen LogP contribution is -2.26. The third-order valence-corrected chi connectivity index (χ3v) is 2.57. The van der Waals surface area contributed by atoms with Crippen LogP contribution in [0.2, 0.25) is 0 Å². The Bertz CT molecular complexity index is 324. The van der Waals surface area contributed by atoms with E-state index in [2.05, 4.69) is 47.7 Å². The van der Waals surface area contributed by atoms with Gasteiger partial charge in [-0.3, -0.25) is 0 Å². The highest BCUT2D eigenvalue weighted by Gasteiger charge is 2.12. The first-order valence-corrected chi connectivity index (χ1v) is 5.97. The molecule has 5 heteroatoms. The number of nitrogens with zero attached hydrogens (tertiary/aromatic N) is 3. The minimum Gasteiger partial charge on any atom is -0.383 e. The fourth-order valence-electron chi connectivity index (χ4n) is 1.91. The highest BCUT2D eigenvalue weighted by Crippen LogP contribution is 2.14. The van der Waals surface area contributed by atoms with E-state index in [-0.39, 0.29) is 6.04 Å². The fraction of sp³-hybridized carbons (Fsp3) is 0.750. The second kappa shape index (κ2) is 6.61. The summed E-state index contributed by atoms with van der Waals surface area (Å²) in [6.45, 7) is 5.94. The molecule has 0 spiro atoms. The maximum Gasteiger partial charge on any atom is 0.203 e. The maximum atomic E-state index is 5.11. The molecule has 1 aromatic heterocycles. The van der Waals surface area contributed by atoms with E-state index in [1.54, 1.807) is 7.11 Å². The quantitative estimate of drug-likeness (QED) is 0.783. The lowest BCUT2D eigenvalue weighted by atomic mass is 10.3. The topological polar surface area (TPSA) is 42.3 Å². The first-order valence-electron chi connectivity index (χ1n) is 5.97. The van der Waals surface area contributed by atoms with Gasteiger partial charge in [-0.2, -0.15) is 0 Å². The second-order valence-electron chi connectivity index (χ2n) is 4.77. The van der Waals surface area contributed by atoms with Crippen molar-refractivity contribution in [2.24, 2.45) is 0 Å². The summed E-state index contributed by atoms with van der Waals surface area (Å²) in [6, 6.07) is 0.650. The fourth-order valence-corrected chi connectivity index (χ4v) is 1.91. The second-order valence-corrected chi connectivity index (χ2v) is 4.77. The molecule has 0 aliphatic heterocycles. The van der Waals surface area contributed by atoms with E-state index in [4.69, 9.17) is 4.74 Å². The van der Waals surface area contributed by atoms with Gasteiger partial charge in [0.2, 0.25) is 5.95 Å². The molecule has 0 aromatic carbocycles. The molecule has 2 unspecified atom stereocenters. The molecule has 17 heavy (non-hydrogen) atoms. The summed E-state index contributed by atoms with van der Waals surface area (Å²) in [5, 5.41) is 3.35. The zero-order valence-electron chi connectivity index (χ0n) is 11.5. The molecule has 5 nitrogen and oxygen atoms in total. The van der Waals surface area contributed by atoms with E-state index < -0.39 is 0 Å². The number of aromatic nitrogens is 2. The van der Waals surface area contributed by atoms with Crippen LogP contribution in [0.25, 0.3) is 0 Å². The number of nitrogens with one attached hydrogen (secondary N) is 1. The Hall–Kier alpha value is -1.07. The number of ether oxygens (including phenoxy) is 1. The van der Waals surface area contributed by atoms with Crippen LogP contribution in [-0.2, 0) is 4.74 Å². The van der Waals surface area contributed by atoms with Crippen molar-refractivity contribution in [2.45, 2.75) is 25.9 Å². The summed E-state index contributed by atoms with van der Waals surface area (Å²) < 4.78 is 7.27. The van der Waals surface area contributed by atoms with E-state index in [9.17, 15) is 0 Å². The predicted octanol–water partition coefficient (Wildman–Crippen LogP) is 1.45. The van der Waals surface area contributed by atoms with Gasteiger partial charge < -0.3 is 19.5 Å². The van der Waals surface area contributed by atoms with Gasteiger partial charge in [0.05, 0.1) is 6.61 Å². The number of hydrogen-bond acceptors (Lipinski definition) is 4. The molecule has 0 bridgehead atoms. The zero-order valence-corrected chi connectivity index (χ0v) is 11.5. The van der Waals surface area contributed by atoms with Crippen molar-refractivity contribution in [1.82, 2.24) is 14.5 Å². The predicted molar refractivity (Wildman–Crippen MR) is 70.5 cm³/mol. The minimum atomic E-state index is 0.257. The van der Waals surface area contributed by atoms with E-state index in [1.807, 2.05) is 12.4 Å². The van der Waals surface area contributed by atoms with Crippen LogP contribution in [0.1, 0.15) is 19.9 Å². The number of anilines is 1. The maximum absolute atomic E-state index is 5.11. The summed E-state index contributed by atoms with van der Waals surface area (Å²) in [4.78, 5) is 6.52. The Kier molecular flexibility index (Phi) is 5.44. The summed E-state index contributed by atoms with van der Waals surface area (Å²) in [7, 11) is 5.86. The van der Waals surface area contributed by atoms with E-state index >= 15 is 0 Å². The number of hydrogen-bond donors (Lipinski definition) is 1.